The van der Waals surface area contributed by atoms with Gasteiger partial charge in [0.25, 0.3) is 0 Å². The van der Waals surface area contributed by atoms with Crippen LogP contribution in [0.5, 0.6) is 0 Å². The third kappa shape index (κ3) is 3.51. The Hall–Kier alpha value is -2.79. The summed E-state index contributed by atoms with van der Waals surface area (Å²) in [7, 11) is 0. The van der Waals surface area contributed by atoms with Gasteiger partial charge in [0, 0.05) is 48.7 Å². The first-order valence-corrected chi connectivity index (χ1v) is 8.65. The first-order chi connectivity index (χ1) is 12.3. The first kappa shape index (κ1) is 15.7. The van der Waals surface area contributed by atoms with Gasteiger partial charge in [0.15, 0.2) is 5.82 Å². The number of pyridine rings is 1. The maximum atomic E-state index is 6.05. The minimum absolute atomic E-state index is 0.296. The van der Waals surface area contributed by atoms with Gasteiger partial charge in [-0.1, -0.05) is 30.3 Å². The molecule has 5 nitrogen and oxygen atoms in total. The van der Waals surface area contributed by atoms with E-state index in [2.05, 4.69) is 16.0 Å². The van der Waals surface area contributed by atoms with Gasteiger partial charge in [0.05, 0.1) is 5.69 Å². The lowest BCUT2D eigenvalue weighted by atomic mass is 10.1. The molecule has 2 N–H and O–H groups in total. The van der Waals surface area contributed by atoms with Crippen molar-refractivity contribution in [1.82, 2.24) is 15.0 Å². The van der Waals surface area contributed by atoms with Crippen molar-refractivity contribution < 1.29 is 0 Å². The molecular weight excluding hydrogens is 310 g/mol. The van der Waals surface area contributed by atoms with Crippen LogP contribution in [0.25, 0.3) is 22.6 Å². The number of hydrogen-bond acceptors (Lipinski definition) is 5. The van der Waals surface area contributed by atoms with Crippen molar-refractivity contribution in [2.75, 3.05) is 18.0 Å². The third-order valence-electron chi connectivity index (χ3n) is 4.57. The van der Waals surface area contributed by atoms with Crippen molar-refractivity contribution in [1.29, 1.82) is 0 Å². The van der Waals surface area contributed by atoms with E-state index in [4.69, 9.17) is 15.7 Å². The molecule has 5 heteroatoms. The highest BCUT2D eigenvalue weighted by molar-refractivity contribution is 5.67. The molecule has 0 saturated carbocycles. The summed E-state index contributed by atoms with van der Waals surface area (Å²) in [5.41, 5.74) is 8.96. The van der Waals surface area contributed by atoms with Crippen molar-refractivity contribution >= 4 is 5.82 Å². The van der Waals surface area contributed by atoms with E-state index in [9.17, 15) is 0 Å². The van der Waals surface area contributed by atoms with Crippen LogP contribution >= 0.6 is 0 Å². The Bertz CT molecular complexity index is 769. The van der Waals surface area contributed by atoms with Gasteiger partial charge in [-0.3, -0.25) is 4.98 Å². The van der Waals surface area contributed by atoms with Crippen LogP contribution in [0.2, 0.25) is 0 Å². The van der Waals surface area contributed by atoms with Gasteiger partial charge in [-0.25, -0.2) is 9.97 Å². The van der Waals surface area contributed by atoms with Crippen LogP contribution < -0.4 is 10.6 Å². The maximum Gasteiger partial charge on any atom is 0.162 e. The molecule has 0 bridgehead atoms. The van der Waals surface area contributed by atoms with Crippen molar-refractivity contribution in [2.45, 2.75) is 18.9 Å². The Morgan fingerprint density at radius 2 is 1.68 bits per heavy atom. The summed E-state index contributed by atoms with van der Waals surface area (Å²) in [5, 5.41) is 0. The van der Waals surface area contributed by atoms with Gasteiger partial charge >= 0.3 is 0 Å². The Labute approximate surface area is 147 Å². The van der Waals surface area contributed by atoms with E-state index in [1.807, 2.05) is 48.7 Å². The van der Waals surface area contributed by atoms with Crippen molar-refractivity contribution in [3.63, 3.8) is 0 Å². The Balaban J connectivity index is 1.78. The maximum absolute atomic E-state index is 6.05. The second kappa shape index (κ2) is 6.99. The third-order valence-corrected chi connectivity index (χ3v) is 4.57. The lowest BCUT2D eigenvalue weighted by molar-refractivity contribution is 0.498. The molecule has 1 aromatic carbocycles. The zero-order valence-corrected chi connectivity index (χ0v) is 14.0. The van der Waals surface area contributed by atoms with E-state index >= 15 is 0 Å². The summed E-state index contributed by atoms with van der Waals surface area (Å²) in [4.78, 5) is 16.1. The van der Waals surface area contributed by atoms with Crippen molar-refractivity contribution in [3.05, 3.63) is 60.9 Å². The van der Waals surface area contributed by atoms with Crippen LogP contribution in [0, 0.1) is 0 Å². The van der Waals surface area contributed by atoms with E-state index in [1.54, 1.807) is 6.20 Å². The number of rotatable bonds is 3. The smallest absolute Gasteiger partial charge is 0.162 e. The number of anilines is 1. The predicted molar refractivity (Wildman–Crippen MR) is 100 cm³/mol. The largest absolute Gasteiger partial charge is 0.356 e. The molecule has 1 aliphatic heterocycles. The van der Waals surface area contributed by atoms with Gasteiger partial charge in [0.2, 0.25) is 0 Å². The summed E-state index contributed by atoms with van der Waals surface area (Å²) in [5.74, 6) is 1.70. The van der Waals surface area contributed by atoms with E-state index in [-0.39, 0.29) is 0 Å². The lowest BCUT2D eigenvalue weighted by Gasteiger charge is -2.31. The number of benzene rings is 1. The Morgan fingerprint density at radius 1 is 0.920 bits per heavy atom. The number of nitrogens with zero attached hydrogens (tertiary/aromatic N) is 4. The fraction of sp³-hybridized carbons (Fsp3) is 0.250. The van der Waals surface area contributed by atoms with E-state index in [0.29, 0.717) is 6.04 Å². The van der Waals surface area contributed by atoms with Gasteiger partial charge in [-0.05, 0) is 25.0 Å². The average molecular weight is 331 g/mol. The number of piperidine rings is 1. The first-order valence-electron chi connectivity index (χ1n) is 8.65. The van der Waals surface area contributed by atoms with Gasteiger partial charge in [-0.15, -0.1) is 0 Å². The molecule has 0 aliphatic carbocycles. The molecule has 2 aromatic heterocycles. The zero-order valence-electron chi connectivity index (χ0n) is 14.0. The molecule has 0 amide bonds. The van der Waals surface area contributed by atoms with Crippen molar-refractivity contribution in [3.8, 4) is 22.6 Å². The lowest BCUT2D eigenvalue weighted by Crippen LogP contribution is -2.40. The molecule has 126 valence electrons. The molecule has 3 aromatic rings. The number of aromatic nitrogens is 3. The summed E-state index contributed by atoms with van der Waals surface area (Å²) in [6.45, 7) is 1.86. The molecule has 0 radical (unpaired) electrons. The summed E-state index contributed by atoms with van der Waals surface area (Å²) in [6.07, 6.45) is 5.60. The van der Waals surface area contributed by atoms with Crippen LogP contribution in [-0.2, 0) is 0 Å². The minimum atomic E-state index is 0.296. The molecule has 4 rings (SSSR count). The van der Waals surface area contributed by atoms with Gasteiger partial charge < -0.3 is 10.6 Å². The van der Waals surface area contributed by atoms with E-state index in [1.165, 1.54) is 0 Å². The van der Waals surface area contributed by atoms with Crippen LogP contribution in [-0.4, -0.2) is 34.1 Å². The van der Waals surface area contributed by atoms with Crippen LogP contribution in [0.3, 0.4) is 0 Å². The Morgan fingerprint density at radius 3 is 2.40 bits per heavy atom. The molecule has 0 atom stereocenters. The number of hydrogen-bond donors (Lipinski definition) is 1. The van der Waals surface area contributed by atoms with E-state index in [0.717, 1.165) is 54.4 Å². The van der Waals surface area contributed by atoms with Crippen LogP contribution in [0.1, 0.15) is 12.8 Å². The molecular formula is C20H21N5. The standard InChI is InChI=1S/C20H21N5/c21-17-8-11-25(12-9-17)19-13-18(16-7-4-10-22-14-16)23-20(24-19)15-5-2-1-3-6-15/h1-7,10,13-14,17H,8-9,11-12,21H2. The highest BCUT2D eigenvalue weighted by Crippen LogP contribution is 2.27. The van der Waals surface area contributed by atoms with Crippen LogP contribution in [0.15, 0.2) is 60.9 Å². The molecule has 1 saturated heterocycles. The van der Waals surface area contributed by atoms with Crippen LogP contribution in [0.4, 0.5) is 5.82 Å². The average Bonchev–Trinajstić information content (AvgIpc) is 2.69. The zero-order chi connectivity index (χ0) is 17.1. The molecule has 0 spiro atoms. The van der Waals surface area contributed by atoms with Gasteiger partial charge in [0.1, 0.15) is 5.82 Å². The number of nitrogens with two attached hydrogens (primary N) is 1. The topological polar surface area (TPSA) is 67.9 Å². The predicted octanol–water partition coefficient (Wildman–Crippen LogP) is 3.13. The van der Waals surface area contributed by atoms with E-state index < -0.39 is 0 Å². The second-order valence-corrected chi connectivity index (χ2v) is 6.37. The summed E-state index contributed by atoms with van der Waals surface area (Å²) in [6, 6.07) is 16.4. The summed E-state index contributed by atoms with van der Waals surface area (Å²) >= 11 is 0. The quantitative estimate of drug-likeness (QED) is 0.798. The minimum Gasteiger partial charge on any atom is -0.356 e. The second-order valence-electron chi connectivity index (χ2n) is 6.37. The highest BCUT2D eigenvalue weighted by atomic mass is 15.2. The molecule has 1 aliphatic rings. The normalized spacial score (nSPS) is 15.3. The van der Waals surface area contributed by atoms with Crippen molar-refractivity contribution in [2.24, 2.45) is 5.73 Å². The Kier molecular flexibility index (Phi) is 4.39. The fourth-order valence-corrected chi connectivity index (χ4v) is 3.10. The summed E-state index contributed by atoms with van der Waals surface area (Å²) < 4.78 is 0. The molecule has 0 unspecified atom stereocenters. The fourth-order valence-electron chi connectivity index (χ4n) is 3.10. The SMILES string of the molecule is NC1CCN(c2cc(-c3cccnc3)nc(-c3ccccc3)n2)CC1. The van der Waals surface area contributed by atoms with Gasteiger partial charge in [-0.2, -0.15) is 0 Å². The molecule has 3 heterocycles. The monoisotopic (exact) mass is 331 g/mol. The molecule has 1 fully saturated rings. The highest BCUT2D eigenvalue weighted by Gasteiger charge is 2.19. The molecule has 25 heavy (non-hydrogen) atoms.